The van der Waals surface area contributed by atoms with Gasteiger partial charge in [0.25, 0.3) is 0 Å². The van der Waals surface area contributed by atoms with Gasteiger partial charge in [-0.3, -0.25) is 4.99 Å². The molecular weight excluding hydrogens is 374 g/mol. The van der Waals surface area contributed by atoms with Crippen molar-refractivity contribution in [3.05, 3.63) is 65.4 Å². The Hall–Kier alpha value is -2.80. The van der Waals surface area contributed by atoms with E-state index in [1.165, 1.54) is 6.26 Å². The zero-order valence-corrected chi connectivity index (χ0v) is 17.1. The van der Waals surface area contributed by atoms with Gasteiger partial charge in [-0.25, -0.2) is 8.42 Å². The first kappa shape index (κ1) is 19.9. The standard InChI is InChI=1S/C21H25N3O3S/c1-15-12-16(8-9-20(15)28(3,25)26)14-24-21(22-2)23-11-10-18-13-17-6-4-5-7-19(17)27-18/h4-9,12-13H,10-11,14H2,1-3H3,(H2,22,23,24). The normalized spacial score (nSPS) is 12.3. The number of para-hydroxylation sites is 1. The predicted molar refractivity (Wildman–Crippen MR) is 112 cm³/mol. The summed E-state index contributed by atoms with van der Waals surface area (Å²) in [6.45, 7) is 3.04. The average molecular weight is 400 g/mol. The molecule has 0 aliphatic heterocycles. The smallest absolute Gasteiger partial charge is 0.191 e. The summed E-state index contributed by atoms with van der Waals surface area (Å²) in [6.07, 6.45) is 1.97. The Morgan fingerprint density at radius 1 is 1.11 bits per heavy atom. The number of aryl methyl sites for hydroxylation is 1. The number of nitrogens with one attached hydrogen (secondary N) is 2. The molecule has 28 heavy (non-hydrogen) atoms. The topological polar surface area (TPSA) is 83.7 Å². The van der Waals surface area contributed by atoms with Gasteiger partial charge in [0.05, 0.1) is 4.90 Å². The monoisotopic (exact) mass is 399 g/mol. The first-order valence-corrected chi connectivity index (χ1v) is 11.0. The van der Waals surface area contributed by atoms with E-state index in [0.717, 1.165) is 34.3 Å². The highest BCUT2D eigenvalue weighted by Crippen LogP contribution is 2.19. The molecule has 2 aromatic carbocycles. The maximum atomic E-state index is 11.7. The largest absolute Gasteiger partial charge is 0.461 e. The predicted octanol–water partition coefficient (Wildman–Crippen LogP) is 3.05. The van der Waals surface area contributed by atoms with Crippen molar-refractivity contribution in [1.82, 2.24) is 10.6 Å². The minimum Gasteiger partial charge on any atom is -0.461 e. The van der Waals surface area contributed by atoms with Crippen molar-refractivity contribution in [1.29, 1.82) is 0 Å². The molecule has 2 N–H and O–H groups in total. The van der Waals surface area contributed by atoms with Gasteiger partial charge >= 0.3 is 0 Å². The third-order valence-corrected chi connectivity index (χ3v) is 5.72. The van der Waals surface area contributed by atoms with Crippen molar-refractivity contribution in [2.24, 2.45) is 4.99 Å². The van der Waals surface area contributed by atoms with Crippen molar-refractivity contribution in [2.45, 2.75) is 24.8 Å². The molecule has 0 saturated heterocycles. The van der Waals surface area contributed by atoms with Gasteiger partial charge in [-0.1, -0.05) is 30.3 Å². The Labute approximate surface area is 165 Å². The molecule has 0 saturated carbocycles. The molecule has 0 aliphatic carbocycles. The van der Waals surface area contributed by atoms with Crippen LogP contribution in [0.15, 0.2) is 62.8 Å². The van der Waals surface area contributed by atoms with Crippen LogP contribution >= 0.6 is 0 Å². The highest BCUT2D eigenvalue weighted by molar-refractivity contribution is 7.90. The fraction of sp³-hybridized carbons (Fsp3) is 0.286. The number of hydrogen-bond acceptors (Lipinski definition) is 4. The maximum absolute atomic E-state index is 11.7. The number of sulfone groups is 1. The number of furan rings is 1. The molecule has 0 bridgehead atoms. The van der Waals surface area contributed by atoms with Crippen LogP contribution in [0, 0.1) is 6.92 Å². The second kappa shape index (κ2) is 8.48. The number of fused-ring (bicyclic) bond motifs is 1. The first-order valence-electron chi connectivity index (χ1n) is 9.08. The molecule has 7 heteroatoms. The molecule has 0 amide bonds. The van der Waals surface area contributed by atoms with Crippen LogP contribution < -0.4 is 10.6 Å². The summed E-state index contributed by atoms with van der Waals surface area (Å²) in [4.78, 5) is 4.59. The number of rotatable bonds is 6. The average Bonchev–Trinajstić information content (AvgIpc) is 3.06. The Morgan fingerprint density at radius 3 is 2.57 bits per heavy atom. The van der Waals surface area contributed by atoms with Crippen LogP contribution in [0.2, 0.25) is 0 Å². The van der Waals surface area contributed by atoms with E-state index in [2.05, 4.69) is 21.7 Å². The number of nitrogens with zero attached hydrogens (tertiary/aromatic N) is 1. The highest BCUT2D eigenvalue weighted by Gasteiger charge is 2.11. The van der Waals surface area contributed by atoms with Gasteiger partial charge < -0.3 is 15.1 Å². The van der Waals surface area contributed by atoms with E-state index in [0.29, 0.717) is 23.9 Å². The fourth-order valence-electron chi connectivity index (χ4n) is 3.11. The molecule has 6 nitrogen and oxygen atoms in total. The van der Waals surface area contributed by atoms with E-state index >= 15 is 0 Å². The van der Waals surface area contributed by atoms with Gasteiger partial charge in [-0.05, 0) is 36.2 Å². The Balaban J connectivity index is 1.52. The van der Waals surface area contributed by atoms with Gasteiger partial charge in [-0.2, -0.15) is 0 Å². The van der Waals surface area contributed by atoms with E-state index in [-0.39, 0.29) is 0 Å². The van der Waals surface area contributed by atoms with Gasteiger partial charge in [-0.15, -0.1) is 0 Å². The summed E-state index contributed by atoms with van der Waals surface area (Å²) < 4.78 is 29.2. The van der Waals surface area contributed by atoms with E-state index in [1.807, 2.05) is 36.4 Å². The van der Waals surface area contributed by atoms with E-state index in [4.69, 9.17) is 4.42 Å². The number of guanidine groups is 1. The molecule has 1 heterocycles. The molecule has 1 aromatic heterocycles. The SMILES string of the molecule is CN=C(NCCc1cc2ccccc2o1)NCc1ccc(S(C)(=O)=O)c(C)c1. The number of hydrogen-bond donors (Lipinski definition) is 2. The zero-order valence-electron chi connectivity index (χ0n) is 16.3. The van der Waals surface area contributed by atoms with Crippen LogP contribution in [0.4, 0.5) is 0 Å². The quantitative estimate of drug-likeness (QED) is 0.492. The van der Waals surface area contributed by atoms with Crippen molar-refractivity contribution < 1.29 is 12.8 Å². The molecule has 3 aromatic rings. The van der Waals surface area contributed by atoms with Crippen molar-refractivity contribution in [3.63, 3.8) is 0 Å². The number of aliphatic imine (C=N–C) groups is 1. The molecule has 3 rings (SSSR count). The lowest BCUT2D eigenvalue weighted by atomic mass is 10.1. The maximum Gasteiger partial charge on any atom is 0.191 e. The molecule has 0 aliphatic rings. The van der Waals surface area contributed by atoms with E-state index in [9.17, 15) is 8.42 Å². The summed E-state index contributed by atoms with van der Waals surface area (Å²) in [5.74, 6) is 1.61. The van der Waals surface area contributed by atoms with Crippen molar-refractivity contribution in [3.8, 4) is 0 Å². The van der Waals surface area contributed by atoms with Crippen LogP contribution in [0.5, 0.6) is 0 Å². The van der Waals surface area contributed by atoms with Crippen LogP contribution in [0.3, 0.4) is 0 Å². The summed E-state index contributed by atoms with van der Waals surface area (Å²) in [6, 6.07) is 15.4. The molecule has 0 unspecified atom stereocenters. The number of benzene rings is 2. The first-order chi connectivity index (χ1) is 13.4. The summed E-state index contributed by atoms with van der Waals surface area (Å²) >= 11 is 0. The molecule has 0 atom stereocenters. The Bertz CT molecular complexity index is 1070. The lowest BCUT2D eigenvalue weighted by molar-refractivity contribution is 0.544. The van der Waals surface area contributed by atoms with Crippen molar-refractivity contribution >= 4 is 26.8 Å². The zero-order chi connectivity index (χ0) is 20.1. The van der Waals surface area contributed by atoms with E-state index < -0.39 is 9.84 Å². The van der Waals surface area contributed by atoms with Gasteiger partial charge in [0, 0.05) is 38.2 Å². The lowest BCUT2D eigenvalue weighted by Crippen LogP contribution is -2.37. The van der Waals surface area contributed by atoms with Gasteiger partial charge in [0.1, 0.15) is 11.3 Å². The Morgan fingerprint density at radius 2 is 1.89 bits per heavy atom. The highest BCUT2D eigenvalue weighted by atomic mass is 32.2. The molecule has 0 spiro atoms. The van der Waals surface area contributed by atoms with Crippen LogP contribution in [0.25, 0.3) is 11.0 Å². The molecule has 0 fully saturated rings. The molecular formula is C21H25N3O3S. The van der Waals surface area contributed by atoms with Gasteiger partial charge in [0.15, 0.2) is 15.8 Å². The van der Waals surface area contributed by atoms with E-state index in [1.54, 1.807) is 20.0 Å². The lowest BCUT2D eigenvalue weighted by Gasteiger charge is -2.12. The molecule has 148 valence electrons. The van der Waals surface area contributed by atoms with Gasteiger partial charge in [0.2, 0.25) is 0 Å². The third kappa shape index (κ3) is 4.92. The van der Waals surface area contributed by atoms with Crippen LogP contribution in [0.1, 0.15) is 16.9 Å². The minimum atomic E-state index is -3.20. The summed E-state index contributed by atoms with van der Waals surface area (Å²) in [5, 5.41) is 7.61. The summed E-state index contributed by atoms with van der Waals surface area (Å²) in [7, 11) is -1.48. The minimum absolute atomic E-state index is 0.365. The summed E-state index contributed by atoms with van der Waals surface area (Å²) in [5.41, 5.74) is 2.63. The second-order valence-electron chi connectivity index (χ2n) is 6.73. The second-order valence-corrected chi connectivity index (χ2v) is 8.71. The Kier molecular flexibility index (Phi) is 6.04. The van der Waals surface area contributed by atoms with Crippen molar-refractivity contribution in [2.75, 3.05) is 19.8 Å². The van der Waals surface area contributed by atoms with Crippen LogP contribution in [-0.4, -0.2) is 34.2 Å². The van der Waals surface area contributed by atoms with Crippen LogP contribution in [-0.2, 0) is 22.8 Å². The molecule has 0 radical (unpaired) electrons. The third-order valence-electron chi connectivity index (χ3n) is 4.46. The fourth-order valence-corrected chi connectivity index (χ4v) is 4.07.